The fraction of sp³-hybridized carbons (Fsp3) is 0.167. The third-order valence-electron chi connectivity index (χ3n) is 2.57. The molecule has 0 unspecified atom stereocenters. The van der Waals surface area contributed by atoms with Gasteiger partial charge in [-0.2, -0.15) is 13.2 Å². The number of hydrogen-bond donors (Lipinski definition) is 1. The van der Waals surface area contributed by atoms with Crippen LogP contribution >= 0.6 is 0 Å². The van der Waals surface area contributed by atoms with Crippen LogP contribution in [-0.2, 0) is 13.2 Å². The summed E-state index contributed by atoms with van der Waals surface area (Å²) in [7, 11) is 1.45. The van der Waals surface area contributed by atoms with Gasteiger partial charge in [0.1, 0.15) is 5.82 Å². The number of aromatic carboxylic acids is 1. The normalized spacial score (nSPS) is 11.6. The quantitative estimate of drug-likeness (QED) is 0.912. The molecule has 19 heavy (non-hydrogen) atoms. The molecule has 0 saturated carbocycles. The van der Waals surface area contributed by atoms with Gasteiger partial charge in [-0.3, -0.25) is 0 Å². The highest BCUT2D eigenvalue weighted by atomic mass is 19.4. The third-order valence-corrected chi connectivity index (χ3v) is 2.57. The van der Waals surface area contributed by atoms with Crippen LogP contribution in [0.15, 0.2) is 30.5 Å². The molecule has 0 aliphatic heterocycles. The number of carboxylic acids is 1. The Labute approximate surface area is 106 Å². The number of aromatic nitrogens is 2. The summed E-state index contributed by atoms with van der Waals surface area (Å²) in [5, 5.41) is 8.80. The predicted octanol–water partition coefficient (Wildman–Crippen LogP) is 2.80. The number of imidazole rings is 1. The minimum atomic E-state index is -4.52. The zero-order chi connectivity index (χ0) is 14.2. The fourth-order valence-corrected chi connectivity index (χ4v) is 1.74. The van der Waals surface area contributed by atoms with Crippen molar-refractivity contribution in [3.8, 4) is 11.4 Å². The van der Waals surface area contributed by atoms with Crippen LogP contribution < -0.4 is 0 Å². The van der Waals surface area contributed by atoms with Gasteiger partial charge in [0.15, 0.2) is 5.69 Å². The van der Waals surface area contributed by atoms with Gasteiger partial charge in [-0.25, -0.2) is 9.78 Å². The molecule has 1 aromatic heterocycles. The summed E-state index contributed by atoms with van der Waals surface area (Å²) in [4.78, 5) is 14.5. The van der Waals surface area contributed by atoms with Crippen molar-refractivity contribution in [2.45, 2.75) is 6.18 Å². The number of aryl methyl sites for hydroxylation is 1. The van der Waals surface area contributed by atoms with Gasteiger partial charge < -0.3 is 9.67 Å². The van der Waals surface area contributed by atoms with Gasteiger partial charge in [0, 0.05) is 18.8 Å². The van der Waals surface area contributed by atoms with Crippen molar-refractivity contribution in [2.75, 3.05) is 0 Å². The highest BCUT2D eigenvalue weighted by Crippen LogP contribution is 2.36. The van der Waals surface area contributed by atoms with Crippen LogP contribution in [0.2, 0.25) is 0 Å². The Morgan fingerprint density at radius 3 is 2.47 bits per heavy atom. The van der Waals surface area contributed by atoms with E-state index in [1.54, 1.807) is 0 Å². The maximum absolute atomic E-state index is 12.9. The van der Waals surface area contributed by atoms with Gasteiger partial charge in [-0.05, 0) is 6.07 Å². The van der Waals surface area contributed by atoms with E-state index >= 15 is 0 Å². The summed E-state index contributed by atoms with van der Waals surface area (Å²) in [5.74, 6) is -1.32. The van der Waals surface area contributed by atoms with Crippen molar-refractivity contribution in [3.05, 3.63) is 41.7 Å². The molecule has 0 atom stereocenters. The van der Waals surface area contributed by atoms with Gasteiger partial charge in [0.2, 0.25) is 0 Å². The average Bonchev–Trinajstić information content (AvgIpc) is 2.70. The number of halogens is 3. The lowest BCUT2D eigenvalue weighted by Gasteiger charge is -2.12. The van der Waals surface area contributed by atoms with Crippen LogP contribution in [-0.4, -0.2) is 20.6 Å². The predicted molar refractivity (Wildman–Crippen MR) is 60.6 cm³/mol. The zero-order valence-corrected chi connectivity index (χ0v) is 9.77. The molecule has 4 nitrogen and oxygen atoms in total. The summed E-state index contributed by atoms with van der Waals surface area (Å²) in [6.07, 6.45) is -3.35. The second kappa shape index (κ2) is 4.42. The third kappa shape index (κ3) is 2.44. The molecule has 0 radical (unpaired) electrons. The first kappa shape index (κ1) is 13.1. The van der Waals surface area contributed by atoms with Crippen LogP contribution in [0.5, 0.6) is 0 Å². The van der Waals surface area contributed by atoms with Crippen LogP contribution in [0, 0.1) is 0 Å². The van der Waals surface area contributed by atoms with E-state index in [-0.39, 0.29) is 17.1 Å². The number of hydrogen-bond acceptors (Lipinski definition) is 2. The summed E-state index contributed by atoms with van der Waals surface area (Å²) in [6.45, 7) is 0. The fourth-order valence-electron chi connectivity index (χ4n) is 1.74. The molecule has 1 heterocycles. The molecular formula is C12H9F3N2O2. The number of nitrogens with zero attached hydrogens (tertiary/aromatic N) is 2. The minimum absolute atomic E-state index is 0.0367. The molecule has 0 amide bonds. The van der Waals surface area contributed by atoms with Gasteiger partial charge in [-0.1, -0.05) is 18.2 Å². The zero-order valence-electron chi connectivity index (χ0n) is 9.77. The van der Waals surface area contributed by atoms with Crippen molar-refractivity contribution in [2.24, 2.45) is 7.05 Å². The number of benzene rings is 1. The van der Waals surface area contributed by atoms with Crippen LogP contribution in [0.25, 0.3) is 11.4 Å². The molecule has 0 bridgehead atoms. The monoisotopic (exact) mass is 270 g/mol. The number of alkyl halides is 3. The van der Waals surface area contributed by atoms with Gasteiger partial charge in [0.05, 0.1) is 5.56 Å². The molecule has 0 aliphatic carbocycles. The Balaban J connectivity index is 2.63. The summed E-state index contributed by atoms with van der Waals surface area (Å²) in [5.41, 5.74) is -1.29. The molecule has 0 saturated heterocycles. The SMILES string of the molecule is Cn1cc(C(=O)O)nc1-c1ccccc1C(F)(F)F. The first-order valence-corrected chi connectivity index (χ1v) is 5.24. The number of rotatable bonds is 2. The van der Waals surface area contributed by atoms with E-state index < -0.39 is 17.7 Å². The molecule has 0 aliphatic rings. The van der Waals surface area contributed by atoms with Crippen LogP contribution in [0.4, 0.5) is 13.2 Å². The standard InChI is InChI=1S/C12H9F3N2O2/c1-17-6-9(11(18)19)16-10(17)7-4-2-3-5-8(7)12(13,14)15/h2-6H,1H3,(H,18,19). The van der Waals surface area contributed by atoms with Crippen molar-refractivity contribution in [1.29, 1.82) is 0 Å². The van der Waals surface area contributed by atoms with Gasteiger partial charge in [-0.15, -0.1) is 0 Å². The smallest absolute Gasteiger partial charge is 0.417 e. The van der Waals surface area contributed by atoms with Crippen molar-refractivity contribution in [3.63, 3.8) is 0 Å². The first-order chi connectivity index (χ1) is 8.80. The maximum atomic E-state index is 12.9. The van der Waals surface area contributed by atoms with E-state index in [2.05, 4.69) is 4.98 Å². The Hall–Kier alpha value is -2.31. The highest BCUT2D eigenvalue weighted by molar-refractivity contribution is 5.86. The molecule has 1 aromatic carbocycles. The lowest BCUT2D eigenvalue weighted by atomic mass is 10.1. The van der Waals surface area contributed by atoms with E-state index in [0.29, 0.717) is 0 Å². The van der Waals surface area contributed by atoms with Crippen molar-refractivity contribution in [1.82, 2.24) is 9.55 Å². The summed E-state index contributed by atoms with van der Waals surface area (Å²) in [6, 6.07) is 4.91. The first-order valence-electron chi connectivity index (χ1n) is 5.24. The van der Waals surface area contributed by atoms with E-state index in [9.17, 15) is 18.0 Å². The highest BCUT2D eigenvalue weighted by Gasteiger charge is 2.34. The Kier molecular flexibility index (Phi) is 3.05. The molecule has 100 valence electrons. The second-order valence-electron chi connectivity index (χ2n) is 3.91. The molecule has 2 aromatic rings. The average molecular weight is 270 g/mol. The summed E-state index contributed by atoms with van der Waals surface area (Å²) >= 11 is 0. The van der Waals surface area contributed by atoms with E-state index in [1.807, 2.05) is 0 Å². The van der Waals surface area contributed by atoms with Crippen LogP contribution in [0.3, 0.4) is 0 Å². The van der Waals surface area contributed by atoms with Gasteiger partial charge in [0.25, 0.3) is 0 Å². The van der Waals surface area contributed by atoms with Gasteiger partial charge >= 0.3 is 12.1 Å². The maximum Gasteiger partial charge on any atom is 0.417 e. The molecule has 0 spiro atoms. The van der Waals surface area contributed by atoms with Crippen molar-refractivity contribution < 1.29 is 23.1 Å². The Bertz CT molecular complexity index is 632. The molecule has 0 fully saturated rings. The molecular weight excluding hydrogens is 261 g/mol. The largest absolute Gasteiger partial charge is 0.476 e. The number of carboxylic acid groups (broad SMARTS) is 1. The second-order valence-corrected chi connectivity index (χ2v) is 3.91. The summed E-state index contributed by atoms with van der Waals surface area (Å²) < 4.78 is 39.9. The lowest BCUT2D eigenvalue weighted by Crippen LogP contribution is -2.08. The molecule has 2 rings (SSSR count). The molecule has 7 heteroatoms. The molecule has 1 N–H and O–H groups in total. The van der Waals surface area contributed by atoms with E-state index in [0.717, 1.165) is 6.07 Å². The van der Waals surface area contributed by atoms with Crippen LogP contribution in [0.1, 0.15) is 16.1 Å². The van der Waals surface area contributed by atoms with Crippen molar-refractivity contribution >= 4 is 5.97 Å². The minimum Gasteiger partial charge on any atom is -0.476 e. The van der Waals surface area contributed by atoms with E-state index in [1.165, 1.54) is 36.0 Å². The van der Waals surface area contributed by atoms with E-state index in [4.69, 9.17) is 5.11 Å². The number of carbonyl (C=O) groups is 1. The Morgan fingerprint density at radius 2 is 1.95 bits per heavy atom. The Morgan fingerprint density at radius 1 is 1.32 bits per heavy atom. The topological polar surface area (TPSA) is 55.1 Å². The lowest BCUT2D eigenvalue weighted by molar-refractivity contribution is -0.137.